The molecule has 0 bridgehead atoms. The first-order chi connectivity index (χ1) is 13.8. The Morgan fingerprint density at radius 2 is 1.21 bits per heavy atom. The normalized spacial score (nSPS) is 14.0. The molecule has 0 radical (unpaired) electrons. The molecule has 7 rings (SSSR count). The second-order valence-corrected chi connectivity index (χ2v) is 9.90. The van der Waals surface area contributed by atoms with Crippen molar-refractivity contribution in [2.24, 2.45) is 0 Å². The predicted molar refractivity (Wildman–Crippen MR) is 127 cm³/mol. The molecule has 1 aliphatic rings. The van der Waals surface area contributed by atoms with Gasteiger partial charge >= 0.3 is 0 Å². The number of thiophene rings is 2. The molecule has 2 heterocycles. The van der Waals surface area contributed by atoms with E-state index < -0.39 is 0 Å². The fraction of sp³-hybridized carbons (Fsp3) is 0.0769. The third-order valence-electron chi connectivity index (χ3n) is 6.07. The number of rotatable bonds is 0. The second kappa shape index (κ2) is 5.44. The molecule has 0 saturated carbocycles. The lowest BCUT2D eigenvalue weighted by Gasteiger charge is -2.10. The topological polar surface area (TPSA) is 0 Å². The first-order valence-corrected chi connectivity index (χ1v) is 11.4. The Balaban J connectivity index is 1.59. The lowest BCUT2D eigenvalue weighted by Crippen LogP contribution is -1.92. The van der Waals surface area contributed by atoms with E-state index >= 15 is 0 Å². The molecule has 0 nitrogen and oxygen atoms in total. The van der Waals surface area contributed by atoms with Crippen LogP contribution in [0.1, 0.15) is 17.5 Å². The standard InChI is InChI=1S/C26H16S2/c1-3-7-17-11-23-19(9-15(17)5-1)21-13-26-22(14-25(21)27-23)20-10-16-6-2-4-8-18(16)12-24(20)28-26/h1-3,5-7,9-14H,4,8H2. The molecule has 28 heavy (non-hydrogen) atoms. The molecule has 0 atom stereocenters. The fourth-order valence-corrected chi connectivity index (χ4v) is 6.99. The van der Waals surface area contributed by atoms with Gasteiger partial charge in [-0.1, -0.05) is 36.4 Å². The van der Waals surface area contributed by atoms with Crippen molar-refractivity contribution < 1.29 is 0 Å². The maximum atomic E-state index is 2.43. The molecule has 0 unspecified atom stereocenters. The number of hydrogen-bond acceptors (Lipinski definition) is 2. The molecular weight excluding hydrogens is 376 g/mol. The van der Waals surface area contributed by atoms with E-state index in [2.05, 4.69) is 72.8 Å². The van der Waals surface area contributed by atoms with Gasteiger partial charge in [-0.2, -0.15) is 0 Å². The maximum Gasteiger partial charge on any atom is 0.0362 e. The van der Waals surface area contributed by atoms with E-state index in [1.165, 1.54) is 75.1 Å². The van der Waals surface area contributed by atoms with E-state index in [1.807, 2.05) is 22.7 Å². The Labute approximate surface area is 170 Å². The molecule has 4 aromatic carbocycles. The molecule has 0 saturated heterocycles. The van der Waals surface area contributed by atoms with Crippen LogP contribution in [-0.4, -0.2) is 0 Å². The average Bonchev–Trinajstić information content (AvgIpc) is 3.25. The Morgan fingerprint density at radius 1 is 0.607 bits per heavy atom. The van der Waals surface area contributed by atoms with Crippen molar-refractivity contribution in [3.05, 3.63) is 77.9 Å². The number of hydrogen-bond donors (Lipinski definition) is 0. The van der Waals surface area contributed by atoms with Crippen LogP contribution in [0.2, 0.25) is 0 Å². The molecule has 1 aliphatic carbocycles. The molecular formula is C26H16S2. The summed E-state index contributed by atoms with van der Waals surface area (Å²) in [5.41, 5.74) is 2.90. The van der Waals surface area contributed by atoms with Crippen LogP contribution in [0.5, 0.6) is 0 Å². The van der Waals surface area contributed by atoms with Crippen molar-refractivity contribution in [1.29, 1.82) is 0 Å². The maximum absolute atomic E-state index is 2.43. The molecule has 0 fully saturated rings. The van der Waals surface area contributed by atoms with Crippen LogP contribution in [0.4, 0.5) is 0 Å². The van der Waals surface area contributed by atoms with Gasteiger partial charge < -0.3 is 0 Å². The summed E-state index contributed by atoms with van der Waals surface area (Å²) in [6, 6.07) is 23.1. The van der Waals surface area contributed by atoms with E-state index in [4.69, 9.17) is 0 Å². The van der Waals surface area contributed by atoms with E-state index in [9.17, 15) is 0 Å². The number of allylic oxidation sites excluding steroid dienone is 1. The van der Waals surface area contributed by atoms with Crippen LogP contribution in [0.3, 0.4) is 0 Å². The van der Waals surface area contributed by atoms with Crippen molar-refractivity contribution in [3.8, 4) is 0 Å². The quantitative estimate of drug-likeness (QED) is 0.243. The highest BCUT2D eigenvalue weighted by molar-refractivity contribution is 7.27. The van der Waals surface area contributed by atoms with Gasteiger partial charge in [0.1, 0.15) is 0 Å². The molecule has 0 amide bonds. The zero-order valence-corrected chi connectivity index (χ0v) is 16.8. The van der Waals surface area contributed by atoms with Gasteiger partial charge in [0.2, 0.25) is 0 Å². The summed E-state index contributed by atoms with van der Waals surface area (Å²) < 4.78 is 5.61. The summed E-state index contributed by atoms with van der Waals surface area (Å²) >= 11 is 3.87. The predicted octanol–water partition coefficient (Wildman–Crippen LogP) is 8.54. The molecule has 0 aliphatic heterocycles. The van der Waals surface area contributed by atoms with Crippen molar-refractivity contribution in [2.45, 2.75) is 12.8 Å². The van der Waals surface area contributed by atoms with Crippen LogP contribution >= 0.6 is 22.7 Å². The summed E-state index contributed by atoms with van der Waals surface area (Å²) in [4.78, 5) is 0. The summed E-state index contributed by atoms with van der Waals surface area (Å²) in [5.74, 6) is 0. The largest absolute Gasteiger partial charge is 0.135 e. The van der Waals surface area contributed by atoms with Gasteiger partial charge in [-0.05, 0) is 71.1 Å². The molecule has 2 aromatic heterocycles. The number of aryl methyl sites for hydroxylation is 1. The molecule has 0 spiro atoms. The van der Waals surface area contributed by atoms with Crippen molar-refractivity contribution in [3.63, 3.8) is 0 Å². The third kappa shape index (κ3) is 2.05. The van der Waals surface area contributed by atoms with Crippen LogP contribution in [0.25, 0.3) is 57.2 Å². The SMILES string of the molecule is C1=Cc2cc3c(cc2CC1)sc1cc2c(cc13)sc1cc3ccccc3cc12. The minimum atomic E-state index is 1.17. The number of fused-ring (bicyclic) bond motifs is 8. The smallest absolute Gasteiger partial charge is 0.0362 e. The van der Waals surface area contributed by atoms with Crippen LogP contribution in [0.15, 0.2) is 66.7 Å². The number of benzene rings is 4. The van der Waals surface area contributed by atoms with Crippen molar-refractivity contribution >= 4 is 79.9 Å². The lowest BCUT2D eigenvalue weighted by atomic mass is 9.95. The second-order valence-electron chi connectivity index (χ2n) is 7.73. The zero-order chi connectivity index (χ0) is 18.2. The summed E-state index contributed by atoms with van der Waals surface area (Å²) in [6.07, 6.45) is 6.94. The summed E-state index contributed by atoms with van der Waals surface area (Å²) in [6.45, 7) is 0. The highest BCUT2D eigenvalue weighted by Crippen LogP contribution is 2.43. The van der Waals surface area contributed by atoms with Gasteiger partial charge in [-0.25, -0.2) is 0 Å². The highest BCUT2D eigenvalue weighted by atomic mass is 32.1. The zero-order valence-electron chi connectivity index (χ0n) is 15.2. The van der Waals surface area contributed by atoms with E-state index in [0.29, 0.717) is 0 Å². The van der Waals surface area contributed by atoms with Gasteiger partial charge in [0, 0.05) is 40.3 Å². The lowest BCUT2D eigenvalue weighted by molar-refractivity contribution is 0.989. The third-order valence-corrected chi connectivity index (χ3v) is 8.30. The fourth-order valence-electron chi connectivity index (χ4n) is 4.66. The molecule has 6 aromatic rings. The van der Waals surface area contributed by atoms with Crippen LogP contribution in [0, 0.1) is 0 Å². The van der Waals surface area contributed by atoms with Gasteiger partial charge in [0.05, 0.1) is 0 Å². The van der Waals surface area contributed by atoms with Crippen LogP contribution in [-0.2, 0) is 6.42 Å². The Kier molecular flexibility index (Phi) is 2.96. The Bertz CT molecular complexity index is 1610. The van der Waals surface area contributed by atoms with E-state index in [0.717, 1.165) is 0 Å². The first-order valence-electron chi connectivity index (χ1n) is 9.74. The minimum Gasteiger partial charge on any atom is -0.135 e. The van der Waals surface area contributed by atoms with Gasteiger partial charge in [0.15, 0.2) is 0 Å². The van der Waals surface area contributed by atoms with Gasteiger partial charge in [-0.15, -0.1) is 22.7 Å². The van der Waals surface area contributed by atoms with Crippen molar-refractivity contribution in [2.75, 3.05) is 0 Å². The van der Waals surface area contributed by atoms with E-state index in [1.54, 1.807) is 0 Å². The molecule has 2 heteroatoms. The first kappa shape index (κ1) is 15.3. The Morgan fingerprint density at radius 3 is 2.00 bits per heavy atom. The Hall–Kier alpha value is -2.68. The minimum absolute atomic E-state index is 1.17. The van der Waals surface area contributed by atoms with Crippen LogP contribution < -0.4 is 0 Å². The summed E-state index contributed by atoms with van der Waals surface area (Å²) in [5, 5.41) is 8.26. The van der Waals surface area contributed by atoms with Crippen molar-refractivity contribution in [1.82, 2.24) is 0 Å². The van der Waals surface area contributed by atoms with Gasteiger partial charge in [0.25, 0.3) is 0 Å². The van der Waals surface area contributed by atoms with Gasteiger partial charge in [-0.3, -0.25) is 0 Å². The highest BCUT2D eigenvalue weighted by Gasteiger charge is 2.14. The molecule has 0 N–H and O–H groups in total. The average molecular weight is 393 g/mol. The molecule has 132 valence electrons. The van der Waals surface area contributed by atoms with E-state index in [-0.39, 0.29) is 0 Å². The monoisotopic (exact) mass is 392 g/mol. The summed E-state index contributed by atoms with van der Waals surface area (Å²) in [7, 11) is 0.